The summed E-state index contributed by atoms with van der Waals surface area (Å²) >= 11 is 0. The molecule has 0 aliphatic carbocycles. The maximum absolute atomic E-state index is 12.6. The summed E-state index contributed by atoms with van der Waals surface area (Å²) in [5, 5.41) is 9.66. The van der Waals surface area contributed by atoms with Gasteiger partial charge in [-0.25, -0.2) is 9.80 Å². The standard InChI is InChI=1S/C21H19N3O3/c1-22-13-20(25)24-18(14-7-3-2-4-8-14)12-17(23-24)16-11-15-9-5-6-10-19(15)27-21(16)26/h2-11,18,22H,12-13H2,1H3. The predicted molar refractivity (Wildman–Crippen MR) is 104 cm³/mol. The molecule has 136 valence electrons. The molecule has 0 radical (unpaired) electrons. The smallest absolute Gasteiger partial charge is 0.345 e. The summed E-state index contributed by atoms with van der Waals surface area (Å²) in [6.07, 6.45) is 0.461. The Morgan fingerprint density at radius 3 is 2.70 bits per heavy atom. The third-order valence-corrected chi connectivity index (χ3v) is 4.63. The monoisotopic (exact) mass is 361 g/mol. The molecule has 1 aliphatic heterocycles. The molecule has 6 nitrogen and oxygen atoms in total. The number of fused-ring (bicyclic) bond motifs is 1. The number of carbonyl (C=O) groups excluding carboxylic acids is 1. The fourth-order valence-corrected chi connectivity index (χ4v) is 3.33. The van der Waals surface area contributed by atoms with Gasteiger partial charge in [0, 0.05) is 11.8 Å². The summed E-state index contributed by atoms with van der Waals surface area (Å²) in [5.74, 6) is -0.147. The number of hydrogen-bond acceptors (Lipinski definition) is 5. The highest BCUT2D eigenvalue weighted by Crippen LogP contribution is 2.32. The zero-order chi connectivity index (χ0) is 18.8. The molecule has 2 heterocycles. The Balaban J connectivity index is 1.77. The van der Waals surface area contributed by atoms with E-state index >= 15 is 0 Å². The summed E-state index contributed by atoms with van der Waals surface area (Å²) in [5.41, 5.74) is 2.03. The fourth-order valence-electron chi connectivity index (χ4n) is 3.33. The van der Waals surface area contributed by atoms with Crippen molar-refractivity contribution in [1.82, 2.24) is 10.3 Å². The van der Waals surface area contributed by atoms with Crippen molar-refractivity contribution < 1.29 is 9.21 Å². The molecule has 2 aromatic carbocycles. The number of nitrogens with zero attached hydrogens (tertiary/aromatic N) is 2. The summed E-state index contributed by atoms with van der Waals surface area (Å²) in [4.78, 5) is 25.1. The van der Waals surface area contributed by atoms with Gasteiger partial charge in [-0.3, -0.25) is 4.79 Å². The number of likely N-dealkylation sites (N-methyl/N-ethyl adjacent to an activating group) is 1. The molecule has 1 amide bonds. The SMILES string of the molecule is CNCC(=O)N1N=C(c2cc3ccccc3oc2=O)CC1c1ccccc1. The molecule has 4 rings (SSSR count). The molecular weight excluding hydrogens is 342 g/mol. The van der Waals surface area contributed by atoms with Gasteiger partial charge in [0.25, 0.3) is 5.91 Å². The molecule has 0 fully saturated rings. The first-order valence-corrected chi connectivity index (χ1v) is 8.79. The van der Waals surface area contributed by atoms with Crippen LogP contribution in [0.1, 0.15) is 23.6 Å². The number of hydrazone groups is 1. The van der Waals surface area contributed by atoms with E-state index in [0.29, 0.717) is 23.3 Å². The minimum absolute atomic E-state index is 0.147. The van der Waals surface area contributed by atoms with Gasteiger partial charge < -0.3 is 9.73 Å². The lowest BCUT2D eigenvalue weighted by Gasteiger charge is -2.21. The molecule has 0 saturated carbocycles. The summed E-state index contributed by atoms with van der Waals surface area (Å²) in [7, 11) is 1.72. The number of rotatable bonds is 4. The summed E-state index contributed by atoms with van der Waals surface area (Å²) in [6.45, 7) is 0.173. The Morgan fingerprint density at radius 1 is 1.19 bits per heavy atom. The van der Waals surface area contributed by atoms with E-state index in [-0.39, 0.29) is 18.5 Å². The molecule has 1 aromatic heterocycles. The van der Waals surface area contributed by atoms with E-state index in [2.05, 4.69) is 10.4 Å². The Hall–Kier alpha value is -3.25. The van der Waals surface area contributed by atoms with Gasteiger partial charge in [0.15, 0.2) is 0 Å². The van der Waals surface area contributed by atoms with Crippen LogP contribution in [0.4, 0.5) is 0 Å². The van der Waals surface area contributed by atoms with Gasteiger partial charge in [-0.2, -0.15) is 5.10 Å². The normalized spacial score (nSPS) is 16.6. The molecule has 27 heavy (non-hydrogen) atoms. The second-order valence-corrected chi connectivity index (χ2v) is 6.43. The molecule has 1 atom stereocenters. The highest BCUT2D eigenvalue weighted by atomic mass is 16.4. The summed E-state index contributed by atoms with van der Waals surface area (Å²) < 4.78 is 5.44. The average Bonchev–Trinajstić information content (AvgIpc) is 3.13. The zero-order valence-electron chi connectivity index (χ0n) is 14.9. The van der Waals surface area contributed by atoms with Gasteiger partial charge in [0.1, 0.15) is 5.58 Å². The van der Waals surface area contributed by atoms with Crippen LogP contribution in [0.2, 0.25) is 0 Å². The molecule has 3 aromatic rings. The van der Waals surface area contributed by atoms with E-state index in [0.717, 1.165) is 10.9 Å². The van der Waals surface area contributed by atoms with E-state index in [4.69, 9.17) is 4.42 Å². The molecule has 1 N–H and O–H groups in total. The van der Waals surface area contributed by atoms with Crippen LogP contribution in [-0.2, 0) is 4.79 Å². The fraction of sp³-hybridized carbons (Fsp3) is 0.190. The van der Waals surface area contributed by atoms with E-state index in [1.54, 1.807) is 19.2 Å². The van der Waals surface area contributed by atoms with Gasteiger partial charge in [0.05, 0.1) is 23.9 Å². The summed E-state index contributed by atoms with van der Waals surface area (Å²) in [6, 6.07) is 18.6. The quantitative estimate of drug-likeness (QED) is 0.725. The molecule has 0 bridgehead atoms. The van der Waals surface area contributed by atoms with Gasteiger partial charge >= 0.3 is 5.63 Å². The minimum atomic E-state index is -0.442. The third kappa shape index (κ3) is 3.27. The van der Waals surface area contributed by atoms with Crippen molar-refractivity contribution >= 4 is 22.6 Å². The molecular formula is C21H19N3O3. The van der Waals surface area contributed by atoms with Crippen molar-refractivity contribution in [3.8, 4) is 0 Å². The van der Waals surface area contributed by atoms with E-state index in [9.17, 15) is 9.59 Å². The molecule has 0 saturated heterocycles. The van der Waals surface area contributed by atoms with Crippen LogP contribution in [0, 0.1) is 0 Å². The highest BCUT2D eigenvalue weighted by Gasteiger charge is 2.33. The van der Waals surface area contributed by atoms with Gasteiger partial charge in [0.2, 0.25) is 0 Å². The number of nitrogens with one attached hydrogen (secondary N) is 1. The van der Waals surface area contributed by atoms with Crippen LogP contribution in [0.5, 0.6) is 0 Å². The van der Waals surface area contributed by atoms with Crippen LogP contribution in [0.15, 0.2) is 75.0 Å². The van der Waals surface area contributed by atoms with E-state index < -0.39 is 5.63 Å². The predicted octanol–water partition coefficient (Wildman–Crippen LogP) is 2.69. The van der Waals surface area contributed by atoms with Crippen molar-refractivity contribution in [3.63, 3.8) is 0 Å². The van der Waals surface area contributed by atoms with Crippen molar-refractivity contribution in [2.24, 2.45) is 5.10 Å². The van der Waals surface area contributed by atoms with E-state index in [1.807, 2.05) is 48.5 Å². The minimum Gasteiger partial charge on any atom is -0.422 e. The number of carbonyl (C=O) groups is 1. The first-order valence-electron chi connectivity index (χ1n) is 8.79. The second kappa shape index (κ2) is 7.17. The van der Waals surface area contributed by atoms with Gasteiger partial charge in [-0.15, -0.1) is 0 Å². The maximum atomic E-state index is 12.6. The third-order valence-electron chi connectivity index (χ3n) is 4.63. The topological polar surface area (TPSA) is 74.9 Å². The maximum Gasteiger partial charge on any atom is 0.345 e. The molecule has 1 unspecified atom stereocenters. The molecule has 1 aliphatic rings. The lowest BCUT2D eigenvalue weighted by molar-refractivity contribution is -0.131. The zero-order valence-corrected chi connectivity index (χ0v) is 14.9. The van der Waals surface area contributed by atoms with Crippen LogP contribution < -0.4 is 10.9 Å². The van der Waals surface area contributed by atoms with Gasteiger partial charge in [-0.05, 0) is 24.7 Å². The molecule has 6 heteroatoms. The number of hydrogen-bond donors (Lipinski definition) is 1. The van der Waals surface area contributed by atoms with Crippen molar-refractivity contribution in [1.29, 1.82) is 0 Å². The van der Waals surface area contributed by atoms with Crippen molar-refractivity contribution in [2.75, 3.05) is 13.6 Å². The van der Waals surface area contributed by atoms with Crippen LogP contribution in [0.3, 0.4) is 0 Å². The number of amides is 1. The largest absolute Gasteiger partial charge is 0.422 e. The van der Waals surface area contributed by atoms with Crippen LogP contribution in [0.25, 0.3) is 11.0 Å². The number of benzene rings is 2. The first kappa shape index (κ1) is 17.2. The lowest BCUT2D eigenvalue weighted by atomic mass is 9.98. The van der Waals surface area contributed by atoms with Crippen molar-refractivity contribution in [3.05, 3.63) is 82.2 Å². The van der Waals surface area contributed by atoms with Crippen LogP contribution in [-0.4, -0.2) is 30.2 Å². The van der Waals surface area contributed by atoms with E-state index in [1.165, 1.54) is 5.01 Å². The Morgan fingerprint density at radius 2 is 1.93 bits per heavy atom. The lowest BCUT2D eigenvalue weighted by Crippen LogP contribution is -2.34. The molecule has 0 spiro atoms. The average molecular weight is 361 g/mol. The second-order valence-electron chi connectivity index (χ2n) is 6.43. The van der Waals surface area contributed by atoms with Gasteiger partial charge in [-0.1, -0.05) is 48.5 Å². The van der Waals surface area contributed by atoms with Crippen molar-refractivity contribution in [2.45, 2.75) is 12.5 Å². The highest BCUT2D eigenvalue weighted by molar-refractivity contribution is 6.04. The first-order chi connectivity index (χ1) is 13.2. The number of para-hydroxylation sites is 1. The Bertz CT molecular complexity index is 1070. The van der Waals surface area contributed by atoms with Crippen LogP contribution >= 0.6 is 0 Å². The Kier molecular flexibility index (Phi) is 4.56. The Labute approximate surface area is 156 Å².